The number of aromatic nitrogens is 2. The van der Waals surface area contributed by atoms with E-state index in [1.54, 1.807) is 19.2 Å². The molecule has 2 amide bonds. The summed E-state index contributed by atoms with van der Waals surface area (Å²) in [4.78, 5) is 31.3. The van der Waals surface area contributed by atoms with E-state index in [1.165, 1.54) is 11.0 Å². The molecule has 5 rings (SSSR count). The summed E-state index contributed by atoms with van der Waals surface area (Å²) < 4.78 is 19.6. The highest BCUT2D eigenvalue weighted by Crippen LogP contribution is 2.32. The third kappa shape index (κ3) is 3.53. The Labute approximate surface area is 184 Å². The van der Waals surface area contributed by atoms with Crippen LogP contribution < -0.4 is 14.5 Å². The van der Waals surface area contributed by atoms with E-state index < -0.39 is 11.7 Å². The van der Waals surface area contributed by atoms with Gasteiger partial charge in [0.1, 0.15) is 11.6 Å². The van der Waals surface area contributed by atoms with Crippen LogP contribution in [0.1, 0.15) is 6.42 Å². The lowest BCUT2D eigenvalue weighted by atomic mass is 10.1. The molecule has 1 aromatic heterocycles. The van der Waals surface area contributed by atoms with E-state index in [0.717, 1.165) is 11.4 Å². The van der Waals surface area contributed by atoms with Crippen LogP contribution in [0.15, 0.2) is 42.5 Å². The number of benzene rings is 2. The lowest BCUT2D eigenvalue weighted by Crippen LogP contribution is -2.50. The average molecular weight is 437 g/mol. The van der Waals surface area contributed by atoms with Crippen molar-refractivity contribution < 1.29 is 18.7 Å². The quantitative estimate of drug-likeness (QED) is 0.678. The molecule has 2 fully saturated rings. The molecule has 1 N–H and O–H groups in total. The maximum atomic E-state index is 14.3. The Balaban J connectivity index is 1.25. The molecule has 0 aliphatic carbocycles. The third-order valence-electron chi connectivity index (χ3n) is 6.26. The minimum Gasteiger partial charge on any atom is -0.497 e. The van der Waals surface area contributed by atoms with E-state index in [9.17, 15) is 14.0 Å². The van der Waals surface area contributed by atoms with Gasteiger partial charge in [-0.15, -0.1) is 0 Å². The SMILES string of the molecule is COc1cccc(N2CCN(C(=O)[C@H]3CC(=O)N(c4n[nH]c5cccc(F)c45)C3)CC2)c1. The molecule has 2 saturated heterocycles. The largest absolute Gasteiger partial charge is 0.497 e. The number of carbonyl (C=O) groups is 2. The summed E-state index contributed by atoms with van der Waals surface area (Å²) in [6.07, 6.45) is 0.109. The molecule has 2 aromatic carbocycles. The second-order valence-electron chi connectivity index (χ2n) is 8.13. The second-order valence-corrected chi connectivity index (χ2v) is 8.13. The van der Waals surface area contributed by atoms with Crippen molar-refractivity contribution in [3.63, 3.8) is 0 Å². The van der Waals surface area contributed by atoms with Crippen LogP contribution in [0, 0.1) is 11.7 Å². The predicted octanol–water partition coefficient (Wildman–Crippen LogP) is 2.41. The molecule has 0 radical (unpaired) electrons. The smallest absolute Gasteiger partial charge is 0.229 e. The number of hydrogen-bond acceptors (Lipinski definition) is 5. The number of aromatic amines is 1. The van der Waals surface area contributed by atoms with Gasteiger partial charge in [0.25, 0.3) is 0 Å². The lowest BCUT2D eigenvalue weighted by Gasteiger charge is -2.37. The van der Waals surface area contributed by atoms with Crippen molar-refractivity contribution in [2.75, 3.05) is 49.6 Å². The van der Waals surface area contributed by atoms with Crippen molar-refractivity contribution >= 4 is 34.2 Å². The topological polar surface area (TPSA) is 81.8 Å². The van der Waals surface area contributed by atoms with E-state index in [1.807, 2.05) is 29.2 Å². The number of piperazine rings is 1. The Morgan fingerprint density at radius 1 is 1.16 bits per heavy atom. The molecule has 0 bridgehead atoms. The molecule has 8 nitrogen and oxygen atoms in total. The maximum absolute atomic E-state index is 14.3. The number of nitrogens with zero attached hydrogens (tertiary/aromatic N) is 4. The molecule has 32 heavy (non-hydrogen) atoms. The Bertz CT molecular complexity index is 1170. The molecular weight excluding hydrogens is 413 g/mol. The number of methoxy groups -OCH3 is 1. The number of ether oxygens (including phenoxy) is 1. The summed E-state index contributed by atoms with van der Waals surface area (Å²) in [6, 6.07) is 12.5. The maximum Gasteiger partial charge on any atom is 0.229 e. The number of H-pyrrole nitrogens is 1. The van der Waals surface area contributed by atoms with Gasteiger partial charge in [0, 0.05) is 50.9 Å². The van der Waals surface area contributed by atoms with Gasteiger partial charge in [0.05, 0.1) is 23.9 Å². The van der Waals surface area contributed by atoms with Crippen molar-refractivity contribution in [3.05, 3.63) is 48.3 Å². The number of halogens is 1. The summed E-state index contributed by atoms with van der Waals surface area (Å²) in [5, 5.41) is 7.20. The number of anilines is 2. The third-order valence-corrected chi connectivity index (χ3v) is 6.26. The number of amides is 2. The fourth-order valence-corrected chi connectivity index (χ4v) is 4.54. The fraction of sp³-hybridized carbons (Fsp3) is 0.348. The fourth-order valence-electron chi connectivity index (χ4n) is 4.54. The van der Waals surface area contributed by atoms with Crippen LogP contribution in [-0.2, 0) is 9.59 Å². The Hall–Kier alpha value is -3.62. The van der Waals surface area contributed by atoms with Gasteiger partial charge in [-0.1, -0.05) is 12.1 Å². The van der Waals surface area contributed by atoms with Crippen LogP contribution in [0.3, 0.4) is 0 Å². The van der Waals surface area contributed by atoms with Gasteiger partial charge in [-0.05, 0) is 24.3 Å². The molecule has 2 aliphatic rings. The van der Waals surface area contributed by atoms with Crippen LogP contribution in [0.5, 0.6) is 5.75 Å². The van der Waals surface area contributed by atoms with E-state index in [-0.39, 0.29) is 36.0 Å². The Morgan fingerprint density at radius 3 is 2.72 bits per heavy atom. The van der Waals surface area contributed by atoms with Gasteiger partial charge in [-0.25, -0.2) is 4.39 Å². The van der Waals surface area contributed by atoms with Gasteiger partial charge in [-0.2, -0.15) is 5.10 Å². The monoisotopic (exact) mass is 437 g/mol. The number of nitrogens with one attached hydrogen (secondary N) is 1. The Morgan fingerprint density at radius 2 is 1.94 bits per heavy atom. The van der Waals surface area contributed by atoms with Crippen molar-refractivity contribution in [1.29, 1.82) is 0 Å². The van der Waals surface area contributed by atoms with Crippen molar-refractivity contribution in [1.82, 2.24) is 15.1 Å². The minimum absolute atomic E-state index is 0.0357. The first-order valence-corrected chi connectivity index (χ1v) is 10.7. The first-order valence-electron chi connectivity index (χ1n) is 10.7. The summed E-state index contributed by atoms with van der Waals surface area (Å²) >= 11 is 0. The van der Waals surface area contributed by atoms with Crippen LogP contribution in [-0.4, -0.2) is 66.7 Å². The molecule has 166 valence electrons. The van der Waals surface area contributed by atoms with Crippen molar-refractivity contribution in [2.24, 2.45) is 5.92 Å². The number of hydrogen-bond donors (Lipinski definition) is 1. The molecular formula is C23H24FN5O3. The lowest BCUT2D eigenvalue weighted by molar-refractivity contribution is -0.136. The highest BCUT2D eigenvalue weighted by Gasteiger charge is 2.39. The second kappa shape index (κ2) is 8.14. The molecule has 9 heteroatoms. The molecule has 3 aromatic rings. The van der Waals surface area contributed by atoms with E-state index >= 15 is 0 Å². The molecule has 0 spiro atoms. The van der Waals surface area contributed by atoms with Crippen LogP contribution in [0.4, 0.5) is 15.9 Å². The number of fused-ring (bicyclic) bond motifs is 1. The van der Waals surface area contributed by atoms with Crippen molar-refractivity contribution in [2.45, 2.75) is 6.42 Å². The highest BCUT2D eigenvalue weighted by molar-refractivity contribution is 6.05. The van der Waals surface area contributed by atoms with Gasteiger partial charge in [-0.3, -0.25) is 19.6 Å². The van der Waals surface area contributed by atoms with Crippen LogP contribution in [0.2, 0.25) is 0 Å². The number of rotatable bonds is 4. The van der Waals surface area contributed by atoms with E-state index in [0.29, 0.717) is 31.7 Å². The van der Waals surface area contributed by atoms with Gasteiger partial charge in [0.2, 0.25) is 11.8 Å². The predicted molar refractivity (Wildman–Crippen MR) is 118 cm³/mol. The normalized spacial score (nSPS) is 19.1. The standard InChI is InChI=1S/C23H24FN5O3/c1-32-17-5-2-4-16(13-17)27-8-10-28(11-9-27)23(31)15-12-20(30)29(14-15)22-21-18(24)6-3-7-19(21)25-26-22/h2-7,13,15H,8-12,14H2,1H3,(H,25,26)/t15-/m0/s1. The van der Waals surface area contributed by atoms with Crippen LogP contribution in [0.25, 0.3) is 10.9 Å². The zero-order valence-electron chi connectivity index (χ0n) is 17.8. The van der Waals surface area contributed by atoms with Gasteiger partial charge in [0.15, 0.2) is 5.82 Å². The Kier molecular flexibility index (Phi) is 5.16. The highest BCUT2D eigenvalue weighted by atomic mass is 19.1. The summed E-state index contributed by atoms with van der Waals surface area (Å²) in [7, 11) is 1.64. The van der Waals surface area contributed by atoms with E-state index in [4.69, 9.17) is 4.74 Å². The average Bonchev–Trinajstić information content (AvgIpc) is 3.43. The van der Waals surface area contributed by atoms with E-state index in [2.05, 4.69) is 15.1 Å². The minimum atomic E-state index is -0.454. The summed E-state index contributed by atoms with van der Waals surface area (Å²) in [5.41, 5.74) is 1.59. The van der Waals surface area contributed by atoms with Crippen LogP contribution >= 0.6 is 0 Å². The summed E-state index contributed by atoms with van der Waals surface area (Å²) in [6.45, 7) is 2.79. The molecule has 3 heterocycles. The molecule has 2 aliphatic heterocycles. The first-order chi connectivity index (χ1) is 15.5. The van der Waals surface area contributed by atoms with Gasteiger partial charge < -0.3 is 14.5 Å². The molecule has 0 saturated carbocycles. The first kappa shape index (κ1) is 20.3. The van der Waals surface area contributed by atoms with Gasteiger partial charge >= 0.3 is 0 Å². The zero-order chi connectivity index (χ0) is 22.2. The zero-order valence-corrected chi connectivity index (χ0v) is 17.8. The number of carbonyl (C=O) groups excluding carboxylic acids is 2. The molecule has 0 unspecified atom stereocenters. The molecule has 1 atom stereocenters. The van der Waals surface area contributed by atoms with Crippen molar-refractivity contribution in [3.8, 4) is 5.75 Å². The summed E-state index contributed by atoms with van der Waals surface area (Å²) in [5.74, 6) is -0.0949.